The number of halogens is 2. The normalized spacial score (nSPS) is 11.8. The van der Waals surface area contributed by atoms with Crippen molar-refractivity contribution in [2.45, 2.75) is 32.7 Å². The first-order valence-electron chi connectivity index (χ1n) is 6.38. The number of rotatable bonds is 4. The zero-order valence-corrected chi connectivity index (χ0v) is 13.9. The van der Waals surface area contributed by atoms with E-state index in [1.165, 1.54) is 12.1 Å². The molecule has 0 saturated carbocycles. The number of benzene rings is 1. The third-order valence-electron chi connectivity index (χ3n) is 2.62. The smallest absolute Gasteiger partial charge is 0.248 e. The molecule has 1 aromatic carbocycles. The molecule has 0 aliphatic rings. The summed E-state index contributed by atoms with van der Waals surface area (Å²) < 4.78 is 19.4. The fourth-order valence-electron chi connectivity index (χ4n) is 1.67. The Labute approximate surface area is 131 Å². The minimum Gasteiger partial charge on any atom is -0.421 e. The number of hydrogen-bond acceptors (Lipinski definition) is 4. The summed E-state index contributed by atoms with van der Waals surface area (Å²) in [5, 5.41) is 11.4. The van der Waals surface area contributed by atoms with E-state index in [0.717, 1.165) is 15.7 Å². The van der Waals surface area contributed by atoms with E-state index in [1.54, 1.807) is 6.07 Å². The Morgan fingerprint density at radius 1 is 1.30 bits per heavy atom. The molecule has 1 heterocycles. The van der Waals surface area contributed by atoms with Gasteiger partial charge in [-0.05, 0) is 61.6 Å². The highest BCUT2D eigenvalue weighted by Crippen LogP contribution is 2.24. The first kappa shape index (κ1) is 15.4. The monoisotopic (exact) mass is 389 g/mol. The fraction of sp³-hybridized carbons (Fsp3) is 0.429. The molecule has 0 saturated heterocycles. The van der Waals surface area contributed by atoms with Crippen molar-refractivity contribution in [1.82, 2.24) is 15.5 Å². The molecule has 1 N–H and O–H groups in total. The molecule has 6 heteroatoms. The van der Waals surface area contributed by atoms with Gasteiger partial charge in [-0.1, -0.05) is 0 Å². The summed E-state index contributed by atoms with van der Waals surface area (Å²) >= 11 is 2.06. The predicted molar refractivity (Wildman–Crippen MR) is 83.9 cm³/mol. The molecule has 0 unspecified atom stereocenters. The molecule has 0 spiro atoms. The lowest BCUT2D eigenvalue weighted by atomic mass is 10.1. The van der Waals surface area contributed by atoms with Crippen LogP contribution in [0.4, 0.5) is 4.39 Å². The first-order valence-corrected chi connectivity index (χ1v) is 7.46. The van der Waals surface area contributed by atoms with Crippen LogP contribution in [-0.4, -0.2) is 22.3 Å². The Morgan fingerprint density at radius 3 is 2.70 bits per heavy atom. The number of nitrogens with one attached hydrogen (secondary N) is 1. The molecule has 0 amide bonds. The van der Waals surface area contributed by atoms with Gasteiger partial charge in [0.2, 0.25) is 11.8 Å². The van der Waals surface area contributed by atoms with Crippen LogP contribution in [0.5, 0.6) is 0 Å². The van der Waals surface area contributed by atoms with Crippen LogP contribution in [-0.2, 0) is 6.42 Å². The molecule has 1 aromatic heterocycles. The third-order valence-corrected chi connectivity index (χ3v) is 3.52. The summed E-state index contributed by atoms with van der Waals surface area (Å²) in [5.41, 5.74) is 0.823. The molecule has 2 aromatic rings. The van der Waals surface area contributed by atoms with Crippen LogP contribution in [0.15, 0.2) is 22.6 Å². The van der Waals surface area contributed by atoms with Crippen molar-refractivity contribution in [2.24, 2.45) is 0 Å². The Kier molecular flexibility index (Phi) is 4.74. The van der Waals surface area contributed by atoms with E-state index in [2.05, 4.69) is 58.9 Å². The van der Waals surface area contributed by atoms with Gasteiger partial charge in [0.25, 0.3) is 0 Å². The molecule has 0 radical (unpaired) electrons. The van der Waals surface area contributed by atoms with Crippen molar-refractivity contribution in [1.29, 1.82) is 0 Å². The largest absolute Gasteiger partial charge is 0.421 e. The minimum absolute atomic E-state index is 0.0647. The van der Waals surface area contributed by atoms with E-state index < -0.39 is 0 Å². The van der Waals surface area contributed by atoms with Crippen LogP contribution < -0.4 is 5.32 Å². The predicted octanol–water partition coefficient (Wildman–Crippen LogP) is 3.41. The van der Waals surface area contributed by atoms with Crippen LogP contribution in [0, 0.1) is 9.39 Å². The first-order chi connectivity index (χ1) is 9.35. The van der Waals surface area contributed by atoms with Crippen LogP contribution in [0.3, 0.4) is 0 Å². The molecular weight excluding hydrogens is 372 g/mol. The van der Waals surface area contributed by atoms with Crippen molar-refractivity contribution in [3.05, 3.63) is 33.5 Å². The van der Waals surface area contributed by atoms with E-state index >= 15 is 0 Å². The lowest BCUT2D eigenvalue weighted by molar-refractivity contribution is 0.412. The summed E-state index contributed by atoms with van der Waals surface area (Å²) in [4.78, 5) is 0. The lowest BCUT2D eigenvalue weighted by Gasteiger charge is -2.19. The molecule has 108 valence electrons. The van der Waals surface area contributed by atoms with Crippen molar-refractivity contribution < 1.29 is 8.81 Å². The van der Waals surface area contributed by atoms with Crippen molar-refractivity contribution in [2.75, 3.05) is 6.54 Å². The topological polar surface area (TPSA) is 51.0 Å². The maximum absolute atomic E-state index is 13.1. The Hall–Kier alpha value is -1.02. The van der Waals surface area contributed by atoms with E-state index in [-0.39, 0.29) is 11.4 Å². The second-order valence-electron chi connectivity index (χ2n) is 5.55. The zero-order valence-electron chi connectivity index (χ0n) is 11.7. The van der Waals surface area contributed by atoms with E-state index in [1.807, 2.05) is 0 Å². The van der Waals surface area contributed by atoms with Crippen molar-refractivity contribution in [3.63, 3.8) is 0 Å². The SMILES string of the molecule is CC(C)(C)NCCc1nnc(-c2ccc(F)cc2I)o1. The summed E-state index contributed by atoms with van der Waals surface area (Å²) in [5.74, 6) is 0.740. The van der Waals surface area contributed by atoms with Gasteiger partial charge in [-0.15, -0.1) is 10.2 Å². The van der Waals surface area contributed by atoms with Gasteiger partial charge in [0.05, 0.1) is 5.56 Å². The molecular formula is C14H17FIN3O. The molecule has 0 bridgehead atoms. The van der Waals surface area contributed by atoms with E-state index in [4.69, 9.17) is 4.42 Å². The van der Waals surface area contributed by atoms with Gasteiger partial charge in [-0.25, -0.2) is 4.39 Å². The maximum atomic E-state index is 13.1. The summed E-state index contributed by atoms with van der Waals surface area (Å²) in [7, 11) is 0. The quantitative estimate of drug-likeness (QED) is 0.815. The standard InChI is InChI=1S/C14H17FIN3O/c1-14(2,3)17-7-6-12-18-19-13(20-12)10-5-4-9(15)8-11(10)16/h4-5,8,17H,6-7H2,1-3H3. The minimum atomic E-state index is -0.271. The Bertz CT molecular complexity index is 592. The number of hydrogen-bond donors (Lipinski definition) is 1. The van der Waals surface area contributed by atoms with Gasteiger partial charge >= 0.3 is 0 Å². The average molecular weight is 389 g/mol. The van der Waals surface area contributed by atoms with Gasteiger partial charge in [0.15, 0.2) is 0 Å². The Balaban J connectivity index is 2.05. The van der Waals surface area contributed by atoms with E-state index in [9.17, 15) is 4.39 Å². The van der Waals surface area contributed by atoms with Crippen LogP contribution >= 0.6 is 22.6 Å². The fourth-order valence-corrected chi connectivity index (χ4v) is 2.38. The lowest BCUT2D eigenvalue weighted by Crippen LogP contribution is -2.37. The van der Waals surface area contributed by atoms with E-state index in [0.29, 0.717) is 18.2 Å². The third kappa shape index (κ3) is 4.24. The Morgan fingerprint density at radius 2 is 2.05 bits per heavy atom. The summed E-state index contributed by atoms with van der Waals surface area (Å²) in [6.45, 7) is 7.08. The van der Waals surface area contributed by atoms with Gasteiger partial charge in [-0.3, -0.25) is 0 Å². The second kappa shape index (κ2) is 6.17. The molecule has 0 atom stereocenters. The average Bonchev–Trinajstić information content (AvgIpc) is 2.75. The zero-order chi connectivity index (χ0) is 14.8. The molecule has 0 aliphatic carbocycles. The number of nitrogens with zero attached hydrogens (tertiary/aromatic N) is 2. The highest BCUT2D eigenvalue weighted by atomic mass is 127. The van der Waals surface area contributed by atoms with Crippen LogP contribution in [0.1, 0.15) is 26.7 Å². The van der Waals surface area contributed by atoms with Gasteiger partial charge in [0, 0.05) is 22.1 Å². The van der Waals surface area contributed by atoms with Crippen molar-refractivity contribution in [3.8, 4) is 11.5 Å². The maximum Gasteiger partial charge on any atom is 0.248 e. The molecule has 2 rings (SSSR count). The summed E-state index contributed by atoms with van der Waals surface area (Å²) in [6, 6.07) is 4.49. The highest BCUT2D eigenvalue weighted by molar-refractivity contribution is 14.1. The van der Waals surface area contributed by atoms with Crippen molar-refractivity contribution >= 4 is 22.6 Å². The van der Waals surface area contributed by atoms with Gasteiger partial charge in [-0.2, -0.15) is 0 Å². The van der Waals surface area contributed by atoms with Gasteiger partial charge in [0.1, 0.15) is 5.82 Å². The molecule has 20 heavy (non-hydrogen) atoms. The number of aromatic nitrogens is 2. The second-order valence-corrected chi connectivity index (χ2v) is 6.71. The van der Waals surface area contributed by atoms with Gasteiger partial charge < -0.3 is 9.73 Å². The molecule has 4 nitrogen and oxygen atoms in total. The van der Waals surface area contributed by atoms with Crippen LogP contribution in [0.2, 0.25) is 0 Å². The molecule has 0 fully saturated rings. The van der Waals surface area contributed by atoms with Crippen LogP contribution in [0.25, 0.3) is 11.5 Å². The summed E-state index contributed by atoms with van der Waals surface area (Å²) in [6.07, 6.45) is 0.669. The molecule has 0 aliphatic heterocycles. The highest BCUT2D eigenvalue weighted by Gasteiger charge is 2.13.